The third kappa shape index (κ3) is 10.3. The van der Waals surface area contributed by atoms with Gasteiger partial charge in [-0.15, -0.1) is 0 Å². The van der Waals surface area contributed by atoms with Gasteiger partial charge in [-0.1, -0.05) is 0 Å². The van der Waals surface area contributed by atoms with Gasteiger partial charge in [0.2, 0.25) is 0 Å². The maximum Gasteiger partial charge on any atom is 0.191 e. The van der Waals surface area contributed by atoms with Gasteiger partial charge in [-0.25, -0.2) is 0 Å². The van der Waals surface area contributed by atoms with Gasteiger partial charge in [-0.2, -0.15) is 0 Å². The van der Waals surface area contributed by atoms with Gasteiger partial charge in [-0.05, 0) is 58.7 Å². The molecule has 0 aromatic rings. The lowest BCUT2D eigenvalue weighted by Crippen LogP contribution is -2.42. The summed E-state index contributed by atoms with van der Waals surface area (Å²) >= 11 is 0. The molecule has 0 spiro atoms. The lowest BCUT2D eigenvalue weighted by Gasteiger charge is -2.21. The molecule has 0 bridgehead atoms. The van der Waals surface area contributed by atoms with Crippen molar-refractivity contribution < 1.29 is 9.47 Å². The van der Waals surface area contributed by atoms with Crippen LogP contribution in [0.5, 0.6) is 0 Å². The minimum Gasteiger partial charge on any atom is -0.381 e. The summed E-state index contributed by atoms with van der Waals surface area (Å²) in [5.74, 6) is 1.61. The second-order valence-corrected chi connectivity index (χ2v) is 7.67. The second-order valence-electron chi connectivity index (χ2n) is 7.67. The number of hydrogen-bond acceptors (Lipinski definition) is 5. The van der Waals surface area contributed by atoms with E-state index in [1.165, 1.54) is 26.1 Å². The van der Waals surface area contributed by atoms with Crippen molar-refractivity contribution in [3.05, 3.63) is 0 Å². The largest absolute Gasteiger partial charge is 0.381 e. The molecule has 0 radical (unpaired) electrons. The average molecular weight is 384 g/mol. The summed E-state index contributed by atoms with van der Waals surface area (Å²) in [5, 5.41) is 6.81. The van der Waals surface area contributed by atoms with Crippen molar-refractivity contribution in [3.63, 3.8) is 0 Å². The van der Waals surface area contributed by atoms with Crippen LogP contribution in [0.3, 0.4) is 0 Å². The molecule has 0 aromatic heterocycles. The number of rotatable bonds is 10. The first-order valence-electron chi connectivity index (χ1n) is 10.9. The highest BCUT2D eigenvalue weighted by atomic mass is 16.5. The van der Waals surface area contributed by atoms with Crippen molar-refractivity contribution in [1.82, 2.24) is 20.4 Å². The summed E-state index contributed by atoms with van der Waals surface area (Å²) in [6, 6.07) is 0. The van der Waals surface area contributed by atoms with E-state index < -0.39 is 0 Å². The van der Waals surface area contributed by atoms with E-state index in [0.717, 1.165) is 84.4 Å². The Morgan fingerprint density at radius 3 is 2.81 bits per heavy atom. The Morgan fingerprint density at radius 1 is 1.15 bits per heavy atom. The van der Waals surface area contributed by atoms with E-state index >= 15 is 0 Å². The zero-order chi connectivity index (χ0) is 19.2. The Hall–Kier alpha value is -0.890. The fourth-order valence-corrected chi connectivity index (χ4v) is 3.52. The highest BCUT2D eigenvalue weighted by Gasteiger charge is 2.13. The van der Waals surface area contributed by atoms with Crippen LogP contribution < -0.4 is 10.6 Å². The van der Waals surface area contributed by atoms with Crippen LogP contribution in [-0.4, -0.2) is 102 Å². The summed E-state index contributed by atoms with van der Waals surface area (Å²) in [6.07, 6.45) is 4.51. The van der Waals surface area contributed by atoms with Gasteiger partial charge in [0.1, 0.15) is 0 Å². The van der Waals surface area contributed by atoms with Gasteiger partial charge in [-0.3, -0.25) is 4.99 Å². The molecule has 0 aromatic carbocycles. The Kier molecular flexibility index (Phi) is 11.7. The van der Waals surface area contributed by atoms with Crippen molar-refractivity contribution in [2.45, 2.75) is 32.6 Å². The third-order valence-corrected chi connectivity index (χ3v) is 5.29. The molecule has 2 rings (SSSR count). The first-order chi connectivity index (χ1) is 13.3. The number of hydrogen-bond donors (Lipinski definition) is 2. The molecule has 2 N–H and O–H groups in total. The van der Waals surface area contributed by atoms with Crippen LogP contribution >= 0.6 is 0 Å². The highest BCUT2D eigenvalue weighted by molar-refractivity contribution is 5.79. The summed E-state index contributed by atoms with van der Waals surface area (Å²) < 4.78 is 11.2. The quantitative estimate of drug-likeness (QED) is 0.334. The minimum atomic E-state index is 0.681. The first-order valence-corrected chi connectivity index (χ1v) is 10.9. The normalized spacial score (nSPS) is 21.2. The molecule has 0 amide bonds. The number of nitrogens with zero attached hydrogens (tertiary/aromatic N) is 3. The van der Waals surface area contributed by atoms with E-state index in [4.69, 9.17) is 9.47 Å². The van der Waals surface area contributed by atoms with Crippen molar-refractivity contribution in [2.24, 2.45) is 10.9 Å². The van der Waals surface area contributed by atoms with Gasteiger partial charge in [0, 0.05) is 65.7 Å². The van der Waals surface area contributed by atoms with Crippen LogP contribution in [0.4, 0.5) is 0 Å². The third-order valence-electron chi connectivity index (χ3n) is 5.29. The highest BCUT2D eigenvalue weighted by Crippen LogP contribution is 2.14. The maximum absolute atomic E-state index is 5.82. The Balaban J connectivity index is 1.54. The predicted molar refractivity (Wildman–Crippen MR) is 112 cm³/mol. The topological polar surface area (TPSA) is 61.4 Å². The first kappa shape index (κ1) is 22.4. The molecular weight excluding hydrogens is 342 g/mol. The van der Waals surface area contributed by atoms with E-state index in [1.54, 1.807) is 0 Å². The molecule has 0 saturated carbocycles. The second kappa shape index (κ2) is 14.2. The predicted octanol–water partition coefficient (Wildman–Crippen LogP) is 1.01. The molecule has 2 aliphatic rings. The summed E-state index contributed by atoms with van der Waals surface area (Å²) in [5.41, 5.74) is 0. The van der Waals surface area contributed by atoms with Crippen molar-refractivity contribution in [3.8, 4) is 0 Å². The van der Waals surface area contributed by atoms with Gasteiger partial charge < -0.3 is 29.9 Å². The standard InChI is InChI=1S/C20H41N5O2/c1-3-21-20(23-9-12-25-11-5-10-24(2)13-14-25)22-8-4-15-27-18-19-6-16-26-17-7-19/h19H,3-18H2,1-2H3,(H2,21,22,23). The number of guanidine groups is 1. The molecule has 0 unspecified atom stereocenters. The van der Waals surface area contributed by atoms with Gasteiger partial charge in [0.05, 0.1) is 0 Å². The smallest absolute Gasteiger partial charge is 0.191 e. The molecule has 7 nitrogen and oxygen atoms in total. The van der Waals surface area contributed by atoms with Crippen molar-refractivity contribution in [2.75, 3.05) is 85.8 Å². The maximum atomic E-state index is 5.82. The van der Waals surface area contributed by atoms with Gasteiger partial charge in [0.25, 0.3) is 0 Å². The lowest BCUT2D eigenvalue weighted by molar-refractivity contribution is 0.0205. The fraction of sp³-hybridized carbons (Fsp3) is 0.950. The number of nitrogens with one attached hydrogen (secondary N) is 2. The van der Waals surface area contributed by atoms with Gasteiger partial charge >= 0.3 is 0 Å². The van der Waals surface area contributed by atoms with Crippen LogP contribution in [0.2, 0.25) is 0 Å². The van der Waals surface area contributed by atoms with E-state index in [2.05, 4.69) is 39.4 Å². The molecule has 7 heteroatoms. The summed E-state index contributed by atoms with van der Waals surface area (Å²) in [4.78, 5) is 9.64. The Labute approximate surface area is 165 Å². The van der Waals surface area contributed by atoms with Crippen LogP contribution in [-0.2, 0) is 9.47 Å². The SMILES string of the molecule is CCNC(=NCCCOCC1CCOCC1)NCCN1CCCN(C)CC1. The zero-order valence-corrected chi connectivity index (χ0v) is 17.5. The molecule has 158 valence electrons. The van der Waals surface area contributed by atoms with E-state index in [-0.39, 0.29) is 0 Å². The molecule has 2 aliphatic heterocycles. The van der Waals surface area contributed by atoms with Crippen molar-refractivity contribution in [1.29, 1.82) is 0 Å². The molecular formula is C20H41N5O2. The zero-order valence-electron chi connectivity index (χ0n) is 17.5. The Bertz CT molecular complexity index is 402. The molecule has 2 fully saturated rings. The molecule has 0 aliphatic carbocycles. The molecule has 2 heterocycles. The number of aliphatic imine (C=N–C) groups is 1. The van der Waals surface area contributed by atoms with Crippen LogP contribution in [0, 0.1) is 5.92 Å². The van der Waals surface area contributed by atoms with Crippen LogP contribution in [0.15, 0.2) is 4.99 Å². The summed E-state index contributed by atoms with van der Waals surface area (Å²) in [6.45, 7) is 14.0. The molecule has 0 atom stereocenters. The Morgan fingerprint density at radius 2 is 2.00 bits per heavy atom. The van der Waals surface area contributed by atoms with E-state index in [9.17, 15) is 0 Å². The summed E-state index contributed by atoms with van der Waals surface area (Å²) in [7, 11) is 2.21. The van der Waals surface area contributed by atoms with E-state index in [1.807, 2.05) is 0 Å². The fourth-order valence-electron chi connectivity index (χ4n) is 3.52. The number of ether oxygens (including phenoxy) is 2. The van der Waals surface area contributed by atoms with Crippen LogP contribution in [0.1, 0.15) is 32.6 Å². The lowest BCUT2D eigenvalue weighted by atomic mass is 10.0. The van der Waals surface area contributed by atoms with Crippen molar-refractivity contribution >= 4 is 5.96 Å². The van der Waals surface area contributed by atoms with Gasteiger partial charge in [0.15, 0.2) is 5.96 Å². The minimum absolute atomic E-state index is 0.681. The monoisotopic (exact) mass is 383 g/mol. The molecule has 27 heavy (non-hydrogen) atoms. The number of likely N-dealkylation sites (N-methyl/N-ethyl adjacent to an activating group) is 1. The average Bonchev–Trinajstić information content (AvgIpc) is 2.89. The van der Waals surface area contributed by atoms with E-state index in [0.29, 0.717) is 5.92 Å². The molecule has 2 saturated heterocycles. The van der Waals surface area contributed by atoms with Crippen LogP contribution in [0.25, 0.3) is 0 Å².